The van der Waals surface area contributed by atoms with E-state index in [9.17, 15) is 9.59 Å². The van der Waals surface area contributed by atoms with Crippen molar-refractivity contribution in [1.82, 2.24) is 10.2 Å². The number of ether oxygens (including phenoxy) is 1. The van der Waals surface area contributed by atoms with Crippen molar-refractivity contribution in [2.24, 2.45) is 5.92 Å². The molecule has 1 aliphatic heterocycles. The third-order valence-corrected chi connectivity index (χ3v) is 3.57. The van der Waals surface area contributed by atoms with E-state index in [1.807, 2.05) is 27.7 Å². The van der Waals surface area contributed by atoms with Gasteiger partial charge in [-0.3, -0.25) is 9.59 Å². The van der Waals surface area contributed by atoms with Gasteiger partial charge in [-0.2, -0.15) is 0 Å². The molecule has 19 heavy (non-hydrogen) atoms. The highest BCUT2D eigenvalue weighted by molar-refractivity contribution is 5.97. The number of amides is 2. The van der Waals surface area contributed by atoms with E-state index >= 15 is 0 Å². The Morgan fingerprint density at radius 3 is 2.42 bits per heavy atom. The van der Waals surface area contributed by atoms with E-state index in [-0.39, 0.29) is 29.9 Å². The number of hydrogen-bond acceptors (Lipinski definition) is 3. The molecule has 0 saturated carbocycles. The van der Waals surface area contributed by atoms with Crippen molar-refractivity contribution in [3.63, 3.8) is 0 Å². The average Bonchev–Trinajstić information content (AvgIpc) is 2.34. The number of nitrogens with zero attached hydrogens (tertiary/aromatic N) is 1. The van der Waals surface area contributed by atoms with Gasteiger partial charge in [-0.25, -0.2) is 0 Å². The lowest BCUT2D eigenvalue weighted by molar-refractivity contribution is -0.153. The van der Waals surface area contributed by atoms with Crippen molar-refractivity contribution in [3.8, 4) is 0 Å². The van der Waals surface area contributed by atoms with Gasteiger partial charge in [0.2, 0.25) is 11.8 Å². The molecule has 0 aromatic heterocycles. The predicted molar refractivity (Wildman–Crippen MR) is 73.6 cm³/mol. The van der Waals surface area contributed by atoms with Gasteiger partial charge in [0.1, 0.15) is 12.1 Å². The molecule has 0 aromatic rings. The lowest BCUT2D eigenvalue weighted by Crippen LogP contribution is -2.65. The van der Waals surface area contributed by atoms with E-state index in [0.29, 0.717) is 13.0 Å². The SMILES string of the molecule is CCCC1NC(=O)C(C(C)C)N(CC(C)OC)C1=O. The topological polar surface area (TPSA) is 58.6 Å². The fourth-order valence-corrected chi connectivity index (χ4v) is 2.50. The van der Waals surface area contributed by atoms with Crippen LogP contribution < -0.4 is 5.32 Å². The summed E-state index contributed by atoms with van der Waals surface area (Å²) in [5.74, 6) is 0.0657. The largest absolute Gasteiger partial charge is 0.380 e. The van der Waals surface area contributed by atoms with E-state index in [0.717, 1.165) is 6.42 Å². The summed E-state index contributed by atoms with van der Waals surface area (Å²) in [6.45, 7) is 8.30. The van der Waals surface area contributed by atoms with Crippen molar-refractivity contribution in [1.29, 1.82) is 0 Å². The first-order valence-electron chi connectivity index (χ1n) is 7.06. The maximum Gasteiger partial charge on any atom is 0.245 e. The van der Waals surface area contributed by atoms with Crippen LogP contribution in [0.4, 0.5) is 0 Å². The van der Waals surface area contributed by atoms with Crippen LogP contribution >= 0.6 is 0 Å². The summed E-state index contributed by atoms with van der Waals surface area (Å²) in [5, 5.41) is 2.85. The number of rotatable bonds is 6. The summed E-state index contributed by atoms with van der Waals surface area (Å²) in [4.78, 5) is 26.4. The number of carbonyl (C=O) groups is 2. The molecular formula is C14H26N2O3. The van der Waals surface area contributed by atoms with Crippen molar-refractivity contribution in [3.05, 3.63) is 0 Å². The normalized spacial score (nSPS) is 25.7. The number of methoxy groups -OCH3 is 1. The molecule has 3 unspecified atom stereocenters. The molecule has 5 heteroatoms. The standard InChI is InChI=1S/C14H26N2O3/c1-6-7-11-14(18)16(8-10(4)19-5)12(9(2)3)13(17)15-11/h9-12H,6-8H2,1-5H3,(H,15,17). The van der Waals surface area contributed by atoms with Gasteiger partial charge in [-0.15, -0.1) is 0 Å². The minimum Gasteiger partial charge on any atom is -0.380 e. The van der Waals surface area contributed by atoms with Gasteiger partial charge in [0, 0.05) is 13.7 Å². The highest BCUT2D eigenvalue weighted by Crippen LogP contribution is 2.20. The van der Waals surface area contributed by atoms with E-state index in [4.69, 9.17) is 4.74 Å². The monoisotopic (exact) mass is 270 g/mol. The summed E-state index contributed by atoms with van der Waals surface area (Å²) in [6, 6.07) is -0.769. The Balaban J connectivity index is 2.93. The van der Waals surface area contributed by atoms with E-state index in [1.165, 1.54) is 0 Å². The van der Waals surface area contributed by atoms with E-state index in [1.54, 1.807) is 12.0 Å². The number of piperazine rings is 1. The summed E-state index contributed by atoms with van der Waals surface area (Å²) in [5.41, 5.74) is 0. The maximum absolute atomic E-state index is 12.5. The molecule has 1 heterocycles. The zero-order valence-electron chi connectivity index (χ0n) is 12.6. The molecule has 0 aliphatic carbocycles. The first-order chi connectivity index (χ1) is 8.92. The minimum atomic E-state index is -0.391. The molecule has 110 valence electrons. The molecule has 0 radical (unpaired) electrons. The lowest BCUT2D eigenvalue weighted by Gasteiger charge is -2.41. The molecule has 1 fully saturated rings. The van der Waals surface area contributed by atoms with Crippen LogP contribution in [-0.4, -0.2) is 48.6 Å². The summed E-state index contributed by atoms with van der Waals surface area (Å²) >= 11 is 0. The van der Waals surface area contributed by atoms with E-state index < -0.39 is 6.04 Å². The number of carbonyl (C=O) groups excluding carboxylic acids is 2. The molecule has 3 atom stereocenters. The first kappa shape index (κ1) is 16.0. The second-order valence-electron chi connectivity index (χ2n) is 5.58. The third-order valence-electron chi connectivity index (χ3n) is 3.57. The third kappa shape index (κ3) is 3.69. The first-order valence-corrected chi connectivity index (χ1v) is 7.06. The van der Waals surface area contributed by atoms with Crippen molar-refractivity contribution in [2.45, 2.75) is 58.7 Å². The smallest absolute Gasteiger partial charge is 0.245 e. The molecule has 1 aliphatic rings. The van der Waals surface area contributed by atoms with Crippen LogP contribution in [0.3, 0.4) is 0 Å². The predicted octanol–water partition coefficient (Wildman–Crippen LogP) is 1.17. The Morgan fingerprint density at radius 1 is 1.32 bits per heavy atom. The highest BCUT2D eigenvalue weighted by Gasteiger charge is 2.41. The quantitative estimate of drug-likeness (QED) is 0.788. The van der Waals surface area contributed by atoms with E-state index in [2.05, 4.69) is 5.32 Å². The molecule has 5 nitrogen and oxygen atoms in total. The minimum absolute atomic E-state index is 0.0176. The van der Waals surface area contributed by atoms with Crippen molar-refractivity contribution < 1.29 is 14.3 Å². The zero-order valence-corrected chi connectivity index (χ0v) is 12.6. The molecule has 1 saturated heterocycles. The van der Waals surface area contributed by atoms with Crippen LogP contribution in [0.1, 0.15) is 40.5 Å². The molecular weight excluding hydrogens is 244 g/mol. The van der Waals surface area contributed by atoms with Crippen LogP contribution in [0.25, 0.3) is 0 Å². The second kappa shape index (κ2) is 6.89. The van der Waals surface area contributed by atoms with Gasteiger partial charge < -0.3 is 15.0 Å². The molecule has 0 aromatic carbocycles. The Hall–Kier alpha value is -1.10. The molecule has 0 spiro atoms. The Bertz CT molecular complexity index is 331. The van der Waals surface area contributed by atoms with Gasteiger partial charge >= 0.3 is 0 Å². The van der Waals surface area contributed by atoms with Gasteiger partial charge in [0.25, 0.3) is 0 Å². The van der Waals surface area contributed by atoms with Crippen LogP contribution in [0.5, 0.6) is 0 Å². The van der Waals surface area contributed by atoms with Crippen LogP contribution in [0.15, 0.2) is 0 Å². The summed E-state index contributed by atoms with van der Waals surface area (Å²) in [6.07, 6.45) is 1.49. The Morgan fingerprint density at radius 2 is 1.95 bits per heavy atom. The number of hydrogen-bond donors (Lipinski definition) is 1. The molecule has 0 bridgehead atoms. The fourth-order valence-electron chi connectivity index (χ4n) is 2.50. The number of nitrogens with one attached hydrogen (secondary N) is 1. The Labute approximate surface area is 115 Å². The lowest BCUT2D eigenvalue weighted by atomic mass is 9.95. The molecule has 2 amide bonds. The van der Waals surface area contributed by atoms with Crippen LogP contribution in [-0.2, 0) is 14.3 Å². The summed E-state index contributed by atoms with van der Waals surface area (Å²) in [7, 11) is 1.62. The van der Waals surface area contributed by atoms with Gasteiger partial charge in [-0.1, -0.05) is 27.2 Å². The van der Waals surface area contributed by atoms with Crippen molar-refractivity contribution >= 4 is 11.8 Å². The average molecular weight is 270 g/mol. The fraction of sp³-hybridized carbons (Fsp3) is 0.857. The highest BCUT2D eigenvalue weighted by atomic mass is 16.5. The maximum atomic E-state index is 12.5. The van der Waals surface area contributed by atoms with Crippen molar-refractivity contribution in [2.75, 3.05) is 13.7 Å². The van der Waals surface area contributed by atoms with Gasteiger partial charge in [-0.05, 0) is 19.3 Å². The molecule has 1 N–H and O–H groups in total. The molecule has 1 rings (SSSR count). The van der Waals surface area contributed by atoms with Crippen LogP contribution in [0, 0.1) is 5.92 Å². The Kier molecular flexibility index (Phi) is 5.79. The summed E-state index contributed by atoms with van der Waals surface area (Å²) < 4.78 is 5.23. The second-order valence-corrected chi connectivity index (χ2v) is 5.58. The van der Waals surface area contributed by atoms with Gasteiger partial charge in [0.05, 0.1) is 6.10 Å². The van der Waals surface area contributed by atoms with Gasteiger partial charge in [0.15, 0.2) is 0 Å². The zero-order chi connectivity index (χ0) is 14.6. The van der Waals surface area contributed by atoms with Crippen LogP contribution in [0.2, 0.25) is 0 Å².